The van der Waals surface area contributed by atoms with Gasteiger partial charge in [0.25, 0.3) is 0 Å². The van der Waals surface area contributed by atoms with Crippen molar-refractivity contribution in [3.63, 3.8) is 0 Å². The molecule has 0 atom stereocenters. The van der Waals surface area contributed by atoms with Crippen LogP contribution in [0, 0.1) is 13.8 Å². The first kappa shape index (κ1) is 13.4. The molecule has 2 aromatic rings. The number of rotatable bonds is 2. The number of anilines is 3. The molecule has 0 saturated carbocycles. The van der Waals surface area contributed by atoms with Crippen LogP contribution in [0.5, 0.6) is 0 Å². The molecule has 98 valence electrons. The summed E-state index contributed by atoms with van der Waals surface area (Å²) in [6, 6.07) is 13.7. The first-order valence-corrected chi connectivity index (χ1v) is 6.47. The predicted octanol–water partition coefficient (Wildman–Crippen LogP) is 3.69. The number of nitrogens with one attached hydrogen (secondary N) is 2. The van der Waals surface area contributed by atoms with Gasteiger partial charge in [0.2, 0.25) is 0 Å². The van der Waals surface area contributed by atoms with Gasteiger partial charge >= 0.3 is 0 Å². The second-order valence-electron chi connectivity index (χ2n) is 4.48. The average molecular weight is 271 g/mol. The molecule has 0 aliphatic rings. The maximum Gasteiger partial charge on any atom is 0.175 e. The molecule has 2 rings (SSSR count). The smallest absolute Gasteiger partial charge is 0.175 e. The van der Waals surface area contributed by atoms with Crippen molar-refractivity contribution in [3.8, 4) is 0 Å². The first-order chi connectivity index (χ1) is 9.06. The number of nitrogen functional groups attached to an aromatic ring is 1. The van der Waals surface area contributed by atoms with Gasteiger partial charge in [0.05, 0.1) is 11.4 Å². The minimum atomic E-state index is 0.532. The van der Waals surface area contributed by atoms with Crippen molar-refractivity contribution in [2.24, 2.45) is 0 Å². The van der Waals surface area contributed by atoms with Crippen LogP contribution in [0.15, 0.2) is 42.5 Å². The van der Waals surface area contributed by atoms with Crippen molar-refractivity contribution in [2.45, 2.75) is 13.8 Å². The minimum Gasteiger partial charge on any atom is -0.397 e. The third kappa shape index (κ3) is 3.45. The highest BCUT2D eigenvalue weighted by molar-refractivity contribution is 7.80. The van der Waals surface area contributed by atoms with E-state index in [2.05, 4.69) is 36.6 Å². The van der Waals surface area contributed by atoms with Crippen LogP contribution in [-0.4, -0.2) is 5.11 Å². The Morgan fingerprint density at radius 2 is 1.68 bits per heavy atom. The molecule has 0 aliphatic carbocycles. The zero-order valence-corrected chi connectivity index (χ0v) is 11.8. The lowest BCUT2D eigenvalue weighted by Gasteiger charge is -2.14. The van der Waals surface area contributed by atoms with Crippen molar-refractivity contribution in [2.75, 3.05) is 16.4 Å². The Morgan fingerprint density at radius 1 is 1.00 bits per heavy atom. The summed E-state index contributed by atoms with van der Waals surface area (Å²) in [4.78, 5) is 0. The van der Waals surface area contributed by atoms with Crippen molar-refractivity contribution in [3.05, 3.63) is 53.6 Å². The highest BCUT2D eigenvalue weighted by atomic mass is 32.1. The van der Waals surface area contributed by atoms with Crippen LogP contribution < -0.4 is 16.4 Å². The Bertz CT molecular complexity index is 608. The quantitative estimate of drug-likeness (QED) is 0.576. The topological polar surface area (TPSA) is 50.1 Å². The molecule has 0 radical (unpaired) electrons. The fourth-order valence-electron chi connectivity index (χ4n) is 1.84. The molecule has 0 bridgehead atoms. The number of hydrogen-bond acceptors (Lipinski definition) is 2. The van der Waals surface area contributed by atoms with E-state index in [0.29, 0.717) is 10.8 Å². The molecular formula is C15H17N3S. The van der Waals surface area contributed by atoms with E-state index in [9.17, 15) is 0 Å². The molecule has 0 amide bonds. The summed E-state index contributed by atoms with van der Waals surface area (Å²) in [5.74, 6) is 0. The van der Waals surface area contributed by atoms with Crippen LogP contribution in [-0.2, 0) is 0 Å². The molecule has 0 aromatic heterocycles. The Labute approximate surface area is 118 Å². The lowest BCUT2D eigenvalue weighted by atomic mass is 10.1. The van der Waals surface area contributed by atoms with Crippen molar-refractivity contribution in [1.29, 1.82) is 0 Å². The molecule has 0 aliphatic heterocycles. The van der Waals surface area contributed by atoms with Gasteiger partial charge in [-0.15, -0.1) is 0 Å². The third-order valence-electron chi connectivity index (χ3n) is 2.84. The molecule has 19 heavy (non-hydrogen) atoms. The van der Waals surface area contributed by atoms with E-state index < -0.39 is 0 Å². The van der Waals surface area contributed by atoms with Gasteiger partial charge in [0, 0.05) is 5.69 Å². The number of aryl methyl sites for hydroxylation is 2. The molecule has 4 heteroatoms. The summed E-state index contributed by atoms with van der Waals surface area (Å²) in [5, 5.41) is 6.81. The van der Waals surface area contributed by atoms with Crippen LogP contribution in [0.2, 0.25) is 0 Å². The number of para-hydroxylation sites is 2. The van der Waals surface area contributed by atoms with Crippen molar-refractivity contribution in [1.82, 2.24) is 0 Å². The molecule has 0 unspecified atom stereocenters. The number of benzene rings is 2. The SMILES string of the molecule is Cc1ccc(NC(=S)Nc2ccccc2N)c(C)c1. The Morgan fingerprint density at radius 3 is 2.37 bits per heavy atom. The summed E-state index contributed by atoms with van der Waals surface area (Å²) in [6.45, 7) is 4.12. The third-order valence-corrected chi connectivity index (χ3v) is 3.04. The second-order valence-corrected chi connectivity index (χ2v) is 4.89. The number of thiocarbonyl (C=S) groups is 1. The van der Waals surface area contributed by atoms with E-state index in [-0.39, 0.29) is 0 Å². The first-order valence-electron chi connectivity index (χ1n) is 6.06. The van der Waals surface area contributed by atoms with Gasteiger partial charge in [0.15, 0.2) is 5.11 Å². The zero-order chi connectivity index (χ0) is 13.8. The van der Waals surface area contributed by atoms with Gasteiger partial charge in [-0.25, -0.2) is 0 Å². The molecule has 0 heterocycles. The van der Waals surface area contributed by atoms with E-state index in [1.807, 2.05) is 30.3 Å². The molecule has 4 N–H and O–H groups in total. The largest absolute Gasteiger partial charge is 0.397 e. The Balaban J connectivity index is 2.08. The number of hydrogen-bond donors (Lipinski definition) is 3. The Hall–Kier alpha value is -2.07. The van der Waals surface area contributed by atoms with Crippen LogP contribution in [0.1, 0.15) is 11.1 Å². The van der Waals surface area contributed by atoms with E-state index in [4.69, 9.17) is 18.0 Å². The van der Waals surface area contributed by atoms with Crippen LogP contribution >= 0.6 is 12.2 Å². The van der Waals surface area contributed by atoms with Gasteiger partial charge < -0.3 is 16.4 Å². The van der Waals surface area contributed by atoms with Gasteiger partial charge in [0.1, 0.15) is 0 Å². The second kappa shape index (κ2) is 5.71. The standard InChI is InChI=1S/C15H17N3S/c1-10-7-8-13(11(2)9-10)17-15(19)18-14-6-4-3-5-12(14)16/h3-9H,16H2,1-2H3,(H2,17,18,19). The minimum absolute atomic E-state index is 0.532. The zero-order valence-electron chi connectivity index (χ0n) is 11.0. The molecule has 0 fully saturated rings. The van der Waals surface area contributed by atoms with Gasteiger partial charge in [-0.1, -0.05) is 29.8 Å². The van der Waals surface area contributed by atoms with E-state index >= 15 is 0 Å². The lowest BCUT2D eigenvalue weighted by Crippen LogP contribution is -2.20. The van der Waals surface area contributed by atoms with Gasteiger partial charge in [-0.05, 0) is 49.8 Å². The van der Waals surface area contributed by atoms with Gasteiger partial charge in [-0.3, -0.25) is 0 Å². The monoisotopic (exact) mass is 271 g/mol. The Kier molecular flexibility index (Phi) is 4.02. The van der Waals surface area contributed by atoms with E-state index in [1.165, 1.54) is 5.56 Å². The van der Waals surface area contributed by atoms with Crippen LogP contribution in [0.25, 0.3) is 0 Å². The summed E-state index contributed by atoms with van der Waals surface area (Å²) in [5.41, 5.74) is 10.7. The fourth-order valence-corrected chi connectivity index (χ4v) is 2.06. The van der Waals surface area contributed by atoms with Crippen LogP contribution in [0.4, 0.5) is 17.1 Å². The van der Waals surface area contributed by atoms with E-state index in [1.54, 1.807) is 0 Å². The number of nitrogens with two attached hydrogens (primary N) is 1. The normalized spacial score (nSPS) is 10.0. The highest BCUT2D eigenvalue weighted by Gasteiger charge is 2.03. The summed E-state index contributed by atoms with van der Waals surface area (Å²) in [7, 11) is 0. The van der Waals surface area contributed by atoms with Gasteiger partial charge in [-0.2, -0.15) is 0 Å². The van der Waals surface area contributed by atoms with Crippen molar-refractivity contribution < 1.29 is 0 Å². The van der Waals surface area contributed by atoms with Crippen LogP contribution in [0.3, 0.4) is 0 Å². The molecule has 2 aromatic carbocycles. The summed E-state index contributed by atoms with van der Waals surface area (Å²) >= 11 is 5.29. The summed E-state index contributed by atoms with van der Waals surface area (Å²) < 4.78 is 0. The maximum atomic E-state index is 5.86. The lowest BCUT2D eigenvalue weighted by molar-refractivity contribution is 1.38. The highest BCUT2D eigenvalue weighted by Crippen LogP contribution is 2.19. The fraction of sp³-hybridized carbons (Fsp3) is 0.133. The predicted molar refractivity (Wildman–Crippen MR) is 86.6 cm³/mol. The van der Waals surface area contributed by atoms with E-state index in [0.717, 1.165) is 16.9 Å². The molecule has 0 spiro atoms. The molecular weight excluding hydrogens is 254 g/mol. The summed E-state index contributed by atoms with van der Waals surface area (Å²) in [6.07, 6.45) is 0. The maximum absolute atomic E-state index is 5.86. The molecule has 3 nitrogen and oxygen atoms in total. The average Bonchev–Trinajstić information content (AvgIpc) is 2.36. The molecule has 0 saturated heterocycles. The van der Waals surface area contributed by atoms with Crippen molar-refractivity contribution >= 4 is 34.4 Å².